The average molecular weight is 422 g/mol. The van der Waals surface area contributed by atoms with Gasteiger partial charge < -0.3 is 16.4 Å². The number of hydrogen-bond acceptors (Lipinski definition) is 2. The van der Waals surface area contributed by atoms with Gasteiger partial charge in [-0.3, -0.25) is 0 Å². The normalized spacial score (nSPS) is 20.9. The van der Waals surface area contributed by atoms with Crippen LogP contribution in [0.4, 0.5) is 32.0 Å². The van der Waals surface area contributed by atoms with E-state index in [1.165, 1.54) is 0 Å². The first-order valence-corrected chi connectivity index (χ1v) is 8.00. The van der Waals surface area contributed by atoms with Gasteiger partial charge in [0.05, 0.1) is 11.1 Å². The maximum atomic E-state index is 12.8. The van der Waals surface area contributed by atoms with E-state index >= 15 is 0 Å². The summed E-state index contributed by atoms with van der Waals surface area (Å²) in [4.78, 5) is 0. The molecule has 0 saturated heterocycles. The molecule has 1 aromatic rings. The zero-order valence-electron chi connectivity index (χ0n) is 13.4. The summed E-state index contributed by atoms with van der Waals surface area (Å²) in [5, 5.41) is 5.21. The van der Waals surface area contributed by atoms with E-state index in [2.05, 4.69) is 10.6 Å². The lowest BCUT2D eigenvalue weighted by molar-refractivity contribution is -0.143. The number of alkyl halides is 6. The molecule has 1 aromatic carbocycles. The molecule has 0 amide bonds. The molecule has 0 spiro atoms. The molecule has 1 saturated carbocycles. The monoisotopic (exact) mass is 421 g/mol. The quantitative estimate of drug-likeness (QED) is 0.478. The zero-order chi connectivity index (χ0) is 18.8. The van der Waals surface area contributed by atoms with Gasteiger partial charge in [-0.15, -0.1) is 12.4 Å². The van der Waals surface area contributed by atoms with Gasteiger partial charge in [-0.2, -0.15) is 26.3 Å². The van der Waals surface area contributed by atoms with E-state index in [1.54, 1.807) is 0 Å². The maximum Gasteiger partial charge on any atom is 0.416 e. The minimum atomic E-state index is -4.90. The van der Waals surface area contributed by atoms with E-state index in [-0.39, 0.29) is 41.4 Å². The van der Waals surface area contributed by atoms with Crippen LogP contribution >= 0.6 is 24.6 Å². The Morgan fingerprint density at radius 3 is 1.92 bits per heavy atom. The van der Waals surface area contributed by atoms with Gasteiger partial charge in [0, 0.05) is 17.8 Å². The van der Waals surface area contributed by atoms with Gasteiger partial charge in [0.1, 0.15) is 0 Å². The van der Waals surface area contributed by atoms with E-state index in [4.69, 9.17) is 18.0 Å². The Hall–Kier alpha value is -1.26. The molecule has 3 nitrogen and oxygen atoms in total. The Morgan fingerprint density at radius 2 is 1.46 bits per heavy atom. The number of rotatable bonds is 2. The van der Waals surface area contributed by atoms with Crippen molar-refractivity contribution < 1.29 is 26.3 Å². The highest BCUT2D eigenvalue weighted by Gasteiger charge is 2.37. The number of nitrogens with two attached hydrogens (primary N) is 1. The van der Waals surface area contributed by atoms with Gasteiger partial charge >= 0.3 is 12.4 Å². The third-order valence-electron chi connectivity index (χ3n) is 3.98. The summed E-state index contributed by atoms with van der Waals surface area (Å²) in [7, 11) is 0. The summed E-state index contributed by atoms with van der Waals surface area (Å²) in [5.41, 5.74) is 2.75. The third-order valence-corrected chi connectivity index (χ3v) is 4.20. The minimum absolute atomic E-state index is 0. The van der Waals surface area contributed by atoms with Crippen LogP contribution < -0.4 is 16.4 Å². The van der Waals surface area contributed by atoms with Gasteiger partial charge in [0.15, 0.2) is 5.11 Å². The highest BCUT2D eigenvalue weighted by molar-refractivity contribution is 7.80. The lowest BCUT2D eigenvalue weighted by atomic mass is 9.91. The minimum Gasteiger partial charge on any atom is -0.358 e. The first-order chi connectivity index (χ1) is 11.5. The Morgan fingerprint density at radius 1 is 0.962 bits per heavy atom. The van der Waals surface area contributed by atoms with E-state index in [0.717, 1.165) is 25.7 Å². The van der Waals surface area contributed by atoms with Crippen molar-refractivity contribution in [3.8, 4) is 0 Å². The summed E-state index contributed by atoms with van der Waals surface area (Å²) in [6, 6.07) is 0.912. The number of anilines is 1. The highest BCUT2D eigenvalue weighted by atomic mass is 35.5. The first kappa shape index (κ1) is 22.8. The van der Waals surface area contributed by atoms with E-state index in [0.29, 0.717) is 12.1 Å². The SMILES string of the molecule is Cl.N[C@@H]1CCCC[C@H]1NC(=S)Nc1cc(C(F)(F)F)cc(C(F)(F)F)c1. The second-order valence-corrected chi connectivity index (χ2v) is 6.36. The van der Waals surface area contributed by atoms with Gasteiger partial charge in [-0.1, -0.05) is 12.8 Å². The standard InChI is InChI=1S/C15H17F6N3S.ClH/c16-14(17,18)8-5-9(15(19,20)21)7-10(6-8)23-13(25)24-12-4-2-1-3-11(12)22;/h5-7,11-12H,1-4,22H2,(H2,23,24,25);1H/t11-,12-;/m1./s1. The predicted molar refractivity (Wildman–Crippen MR) is 93.3 cm³/mol. The van der Waals surface area contributed by atoms with Crippen LogP contribution in [0.3, 0.4) is 0 Å². The van der Waals surface area contributed by atoms with E-state index in [9.17, 15) is 26.3 Å². The van der Waals surface area contributed by atoms with Crippen molar-refractivity contribution in [3.05, 3.63) is 29.3 Å². The molecule has 1 aliphatic carbocycles. The second-order valence-electron chi connectivity index (χ2n) is 5.95. The molecule has 148 valence electrons. The molecule has 4 N–H and O–H groups in total. The molecule has 0 radical (unpaired) electrons. The highest BCUT2D eigenvalue weighted by Crippen LogP contribution is 2.37. The fourth-order valence-corrected chi connectivity index (χ4v) is 2.97. The Balaban J connectivity index is 0.00000338. The maximum absolute atomic E-state index is 12.8. The van der Waals surface area contributed by atoms with Gasteiger partial charge in [0.25, 0.3) is 0 Å². The molecule has 0 unspecified atom stereocenters. The molecule has 2 atom stereocenters. The van der Waals surface area contributed by atoms with Gasteiger partial charge in [-0.05, 0) is 43.3 Å². The summed E-state index contributed by atoms with van der Waals surface area (Å²) in [6.07, 6.45) is -6.39. The third kappa shape index (κ3) is 6.17. The number of halogens is 7. The molecule has 0 aliphatic heterocycles. The van der Waals surface area contributed by atoms with Gasteiger partial charge in [-0.25, -0.2) is 0 Å². The van der Waals surface area contributed by atoms with Crippen LogP contribution in [0, 0.1) is 0 Å². The van der Waals surface area contributed by atoms with Crippen LogP contribution in [0.25, 0.3) is 0 Å². The molecule has 1 aliphatic rings. The Bertz CT molecular complexity index is 603. The topological polar surface area (TPSA) is 50.1 Å². The number of benzene rings is 1. The first-order valence-electron chi connectivity index (χ1n) is 7.59. The molecule has 1 fully saturated rings. The van der Waals surface area contributed by atoms with Crippen molar-refractivity contribution in [2.75, 3.05) is 5.32 Å². The number of hydrogen-bond donors (Lipinski definition) is 3. The van der Waals surface area contributed by atoms with Crippen molar-refractivity contribution >= 4 is 35.4 Å². The lowest BCUT2D eigenvalue weighted by Gasteiger charge is -2.30. The summed E-state index contributed by atoms with van der Waals surface area (Å²) in [5.74, 6) is 0. The van der Waals surface area contributed by atoms with E-state index < -0.39 is 23.5 Å². The zero-order valence-corrected chi connectivity index (χ0v) is 15.0. The predicted octanol–water partition coefficient (Wildman–Crippen LogP) is 4.70. The average Bonchev–Trinajstić information content (AvgIpc) is 2.47. The van der Waals surface area contributed by atoms with Crippen LogP contribution in [0.5, 0.6) is 0 Å². The van der Waals surface area contributed by atoms with Crippen molar-refractivity contribution in [3.63, 3.8) is 0 Å². The Labute approximate surface area is 158 Å². The number of nitrogens with one attached hydrogen (secondary N) is 2. The molecule has 0 heterocycles. The fourth-order valence-electron chi connectivity index (χ4n) is 2.70. The molecule has 26 heavy (non-hydrogen) atoms. The Kier molecular flexibility index (Phi) is 7.55. The summed E-state index contributed by atoms with van der Waals surface area (Å²) >= 11 is 5.00. The van der Waals surface area contributed by atoms with Crippen LogP contribution in [0.1, 0.15) is 36.8 Å². The van der Waals surface area contributed by atoms with Gasteiger partial charge in [0.2, 0.25) is 0 Å². The number of thiocarbonyl (C=S) groups is 1. The molecular weight excluding hydrogens is 404 g/mol. The molecule has 0 aromatic heterocycles. The molecule has 11 heteroatoms. The lowest BCUT2D eigenvalue weighted by Crippen LogP contribution is -2.50. The summed E-state index contributed by atoms with van der Waals surface area (Å²) in [6.45, 7) is 0. The van der Waals surface area contributed by atoms with E-state index in [1.807, 2.05) is 0 Å². The molecular formula is C15H18ClF6N3S. The van der Waals surface area contributed by atoms with Crippen molar-refractivity contribution in [1.82, 2.24) is 5.32 Å². The van der Waals surface area contributed by atoms with Crippen LogP contribution in [0.2, 0.25) is 0 Å². The van der Waals surface area contributed by atoms with Crippen LogP contribution in [0.15, 0.2) is 18.2 Å². The fraction of sp³-hybridized carbons (Fsp3) is 0.533. The smallest absolute Gasteiger partial charge is 0.358 e. The van der Waals surface area contributed by atoms with Crippen molar-refractivity contribution in [2.45, 2.75) is 50.1 Å². The van der Waals surface area contributed by atoms with Crippen molar-refractivity contribution in [2.24, 2.45) is 5.73 Å². The molecule has 0 bridgehead atoms. The second kappa shape index (κ2) is 8.62. The largest absolute Gasteiger partial charge is 0.416 e. The van der Waals surface area contributed by atoms with Crippen molar-refractivity contribution in [1.29, 1.82) is 0 Å². The summed E-state index contributed by atoms with van der Waals surface area (Å²) < 4.78 is 77.0. The van der Waals surface area contributed by atoms with Crippen LogP contribution in [-0.2, 0) is 12.4 Å². The molecule has 2 rings (SSSR count). The van der Waals surface area contributed by atoms with Crippen LogP contribution in [-0.4, -0.2) is 17.2 Å².